The van der Waals surface area contributed by atoms with Crippen molar-refractivity contribution in [1.29, 1.82) is 0 Å². The van der Waals surface area contributed by atoms with Crippen molar-refractivity contribution in [2.24, 2.45) is 5.92 Å². The Morgan fingerprint density at radius 3 is 2.74 bits per heavy atom. The molecule has 0 spiro atoms. The predicted molar refractivity (Wildman–Crippen MR) is 76.1 cm³/mol. The highest BCUT2D eigenvalue weighted by atomic mass is 16.5. The highest BCUT2D eigenvalue weighted by Gasteiger charge is 2.27. The number of likely N-dealkylation sites (tertiary alicyclic amines) is 1. The molecule has 4 nitrogen and oxygen atoms in total. The van der Waals surface area contributed by atoms with Crippen LogP contribution in [-0.2, 0) is 9.53 Å². The first-order valence-electron chi connectivity index (χ1n) is 7.92. The summed E-state index contributed by atoms with van der Waals surface area (Å²) in [7, 11) is 0. The summed E-state index contributed by atoms with van der Waals surface area (Å²) < 4.78 is 5.84. The van der Waals surface area contributed by atoms with Crippen molar-refractivity contribution in [3.05, 3.63) is 0 Å². The van der Waals surface area contributed by atoms with Gasteiger partial charge in [0.25, 0.3) is 0 Å². The van der Waals surface area contributed by atoms with Crippen LogP contribution in [0.1, 0.15) is 45.4 Å². The number of amides is 1. The van der Waals surface area contributed by atoms with Crippen LogP contribution in [0.15, 0.2) is 0 Å². The molecule has 19 heavy (non-hydrogen) atoms. The van der Waals surface area contributed by atoms with Gasteiger partial charge in [-0.1, -0.05) is 6.92 Å². The zero-order chi connectivity index (χ0) is 13.5. The lowest BCUT2D eigenvalue weighted by Crippen LogP contribution is -2.41. The van der Waals surface area contributed by atoms with E-state index in [0.29, 0.717) is 12.0 Å². The van der Waals surface area contributed by atoms with E-state index in [4.69, 9.17) is 4.74 Å². The molecule has 2 saturated heterocycles. The van der Waals surface area contributed by atoms with E-state index >= 15 is 0 Å². The van der Waals surface area contributed by atoms with Crippen LogP contribution in [0.5, 0.6) is 0 Å². The van der Waals surface area contributed by atoms with Crippen LogP contribution in [-0.4, -0.2) is 49.7 Å². The maximum Gasteiger partial charge on any atom is 0.225 e. The van der Waals surface area contributed by atoms with Crippen LogP contribution in [0.4, 0.5) is 0 Å². The second-order valence-electron chi connectivity index (χ2n) is 5.77. The van der Waals surface area contributed by atoms with Gasteiger partial charge in [0, 0.05) is 25.6 Å². The fourth-order valence-corrected chi connectivity index (χ4v) is 3.06. The Hall–Kier alpha value is -0.610. The summed E-state index contributed by atoms with van der Waals surface area (Å²) >= 11 is 0. The summed E-state index contributed by atoms with van der Waals surface area (Å²) in [6.07, 6.45) is 6.66. The van der Waals surface area contributed by atoms with Gasteiger partial charge in [-0.3, -0.25) is 4.79 Å². The summed E-state index contributed by atoms with van der Waals surface area (Å²) in [5, 5.41) is 3.32. The largest absolute Gasteiger partial charge is 0.378 e. The standard InChI is InChI=1S/C15H28N2O2/c1-2-12-19-14-4-3-10-17(11-7-14)15(18)13-5-8-16-9-6-13/h13-14,16H,2-12H2,1H3. The van der Waals surface area contributed by atoms with E-state index in [1.54, 1.807) is 0 Å². The lowest BCUT2D eigenvalue weighted by atomic mass is 9.96. The number of nitrogens with zero attached hydrogens (tertiary/aromatic N) is 1. The monoisotopic (exact) mass is 268 g/mol. The number of piperidine rings is 1. The molecule has 0 aromatic heterocycles. The molecule has 2 aliphatic heterocycles. The van der Waals surface area contributed by atoms with Crippen molar-refractivity contribution in [1.82, 2.24) is 10.2 Å². The molecule has 110 valence electrons. The Kier molecular flexibility index (Phi) is 6.11. The summed E-state index contributed by atoms with van der Waals surface area (Å²) in [6.45, 7) is 6.79. The molecule has 1 unspecified atom stereocenters. The first kappa shape index (κ1) is 14.8. The van der Waals surface area contributed by atoms with Gasteiger partial charge < -0.3 is 15.0 Å². The Morgan fingerprint density at radius 1 is 1.21 bits per heavy atom. The second kappa shape index (κ2) is 7.85. The fraction of sp³-hybridized carbons (Fsp3) is 0.933. The highest BCUT2D eigenvalue weighted by Crippen LogP contribution is 2.20. The molecule has 0 saturated carbocycles. The number of hydrogen-bond donors (Lipinski definition) is 1. The van der Waals surface area contributed by atoms with Crippen LogP contribution >= 0.6 is 0 Å². The molecule has 2 heterocycles. The Morgan fingerprint density at radius 2 is 2.00 bits per heavy atom. The van der Waals surface area contributed by atoms with Gasteiger partial charge in [0.2, 0.25) is 5.91 Å². The zero-order valence-corrected chi connectivity index (χ0v) is 12.2. The Bertz CT molecular complexity index is 277. The summed E-state index contributed by atoms with van der Waals surface area (Å²) in [5.74, 6) is 0.645. The number of rotatable bonds is 4. The third-order valence-corrected chi connectivity index (χ3v) is 4.23. The van der Waals surface area contributed by atoms with E-state index in [1.165, 1.54) is 0 Å². The van der Waals surface area contributed by atoms with Crippen LogP contribution in [0, 0.1) is 5.92 Å². The molecule has 1 N–H and O–H groups in total. The van der Waals surface area contributed by atoms with Crippen molar-refractivity contribution in [2.45, 2.75) is 51.6 Å². The third-order valence-electron chi connectivity index (χ3n) is 4.23. The van der Waals surface area contributed by atoms with E-state index in [2.05, 4.69) is 17.1 Å². The number of nitrogens with one attached hydrogen (secondary N) is 1. The molecule has 1 amide bonds. The molecule has 0 radical (unpaired) electrons. The molecule has 0 aliphatic carbocycles. The number of carbonyl (C=O) groups is 1. The molecule has 0 aromatic carbocycles. The average molecular weight is 268 g/mol. The minimum atomic E-state index is 0.259. The fourth-order valence-electron chi connectivity index (χ4n) is 3.06. The minimum absolute atomic E-state index is 0.259. The van der Waals surface area contributed by atoms with Gasteiger partial charge in [0.05, 0.1) is 6.10 Å². The minimum Gasteiger partial charge on any atom is -0.378 e. The molecule has 0 bridgehead atoms. The normalized spacial score (nSPS) is 26.2. The molecule has 4 heteroatoms. The summed E-state index contributed by atoms with van der Waals surface area (Å²) in [5.41, 5.74) is 0. The SMILES string of the molecule is CCCOC1CCCN(C(=O)C2CCNCC2)CC1. The Labute approximate surface area is 116 Å². The van der Waals surface area contributed by atoms with Gasteiger partial charge in [0.1, 0.15) is 0 Å². The average Bonchev–Trinajstić information content (AvgIpc) is 2.71. The van der Waals surface area contributed by atoms with Crippen molar-refractivity contribution in [3.8, 4) is 0 Å². The van der Waals surface area contributed by atoms with Gasteiger partial charge in [-0.05, 0) is 51.6 Å². The maximum absolute atomic E-state index is 12.5. The number of carbonyl (C=O) groups excluding carboxylic acids is 1. The van der Waals surface area contributed by atoms with E-state index in [0.717, 1.165) is 71.3 Å². The van der Waals surface area contributed by atoms with E-state index in [-0.39, 0.29) is 5.92 Å². The first-order chi connectivity index (χ1) is 9.31. The van der Waals surface area contributed by atoms with Gasteiger partial charge in [-0.25, -0.2) is 0 Å². The van der Waals surface area contributed by atoms with Crippen LogP contribution in [0.25, 0.3) is 0 Å². The van der Waals surface area contributed by atoms with Crippen LogP contribution < -0.4 is 5.32 Å². The van der Waals surface area contributed by atoms with Crippen molar-refractivity contribution < 1.29 is 9.53 Å². The quantitative estimate of drug-likeness (QED) is 0.845. The summed E-state index contributed by atoms with van der Waals surface area (Å²) in [4.78, 5) is 14.6. The topological polar surface area (TPSA) is 41.6 Å². The molecule has 0 aromatic rings. The first-order valence-corrected chi connectivity index (χ1v) is 7.92. The lowest BCUT2D eigenvalue weighted by Gasteiger charge is -2.28. The smallest absolute Gasteiger partial charge is 0.225 e. The lowest BCUT2D eigenvalue weighted by molar-refractivity contribution is -0.136. The van der Waals surface area contributed by atoms with Crippen LogP contribution in [0.3, 0.4) is 0 Å². The number of hydrogen-bond acceptors (Lipinski definition) is 3. The molecule has 2 rings (SSSR count). The zero-order valence-electron chi connectivity index (χ0n) is 12.2. The molecule has 2 fully saturated rings. The van der Waals surface area contributed by atoms with Crippen molar-refractivity contribution in [2.75, 3.05) is 32.8 Å². The molecule has 2 aliphatic rings. The van der Waals surface area contributed by atoms with E-state index < -0.39 is 0 Å². The third kappa shape index (κ3) is 4.46. The molecule has 1 atom stereocenters. The van der Waals surface area contributed by atoms with Crippen molar-refractivity contribution >= 4 is 5.91 Å². The second-order valence-corrected chi connectivity index (χ2v) is 5.77. The molecular formula is C15H28N2O2. The Balaban J connectivity index is 1.79. The highest BCUT2D eigenvalue weighted by molar-refractivity contribution is 5.79. The van der Waals surface area contributed by atoms with Gasteiger partial charge in [0.15, 0.2) is 0 Å². The van der Waals surface area contributed by atoms with Crippen molar-refractivity contribution in [3.63, 3.8) is 0 Å². The molecular weight excluding hydrogens is 240 g/mol. The maximum atomic E-state index is 12.5. The van der Waals surface area contributed by atoms with Gasteiger partial charge in [-0.2, -0.15) is 0 Å². The van der Waals surface area contributed by atoms with Gasteiger partial charge >= 0.3 is 0 Å². The predicted octanol–water partition coefficient (Wildman–Crippen LogP) is 1.79. The summed E-state index contributed by atoms with van der Waals surface area (Å²) in [6, 6.07) is 0. The number of ether oxygens (including phenoxy) is 1. The van der Waals surface area contributed by atoms with Gasteiger partial charge in [-0.15, -0.1) is 0 Å². The van der Waals surface area contributed by atoms with E-state index in [1.807, 2.05) is 0 Å². The van der Waals surface area contributed by atoms with Crippen LogP contribution in [0.2, 0.25) is 0 Å². The van der Waals surface area contributed by atoms with E-state index in [9.17, 15) is 4.79 Å².